The first-order valence-electron chi connectivity index (χ1n) is 8.66. The quantitative estimate of drug-likeness (QED) is 0.244. The predicted octanol–water partition coefficient (Wildman–Crippen LogP) is 7.88. The molecule has 0 saturated carbocycles. The van der Waals surface area contributed by atoms with E-state index < -0.39 is 0 Å². The maximum absolute atomic E-state index is 6.19. The molecule has 0 amide bonds. The van der Waals surface area contributed by atoms with E-state index in [4.69, 9.17) is 39.8 Å². The Morgan fingerprint density at radius 1 is 0.828 bits per heavy atom. The zero-order valence-electron chi connectivity index (χ0n) is 14.9. The highest BCUT2D eigenvalue weighted by molar-refractivity contribution is 7.19. The molecule has 0 spiro atoms. The fraction of sp³-hybridized carbons (Fsp3) is 0. The third kappa shape index (κ3) is 4.80. The Balaban J connectivity index is 1.66. The van der Waals surface area contributed by atoms with E-state index in [1.807, 2.05) is 60.7 Å². The normalized spacial score (nSPS) is 11.1. The van der Waals surface area contributed by atoms with Gasteiger partial charge in [0.15, 0.2) is 0 Å². The number of halogens is 3. The van der Waals surface area contributed by atoms with E-state index >= 15 is 0 Å². The Hall–Kier alpha value is -2.37. The lowest BCUT2D eigenvalue weighted by Gasteiger charge is -2.02. The van der Waals surface area contributed by atoms with Crippen LogP contribution in [0.1, 0.15) is 5.56 Å². The molecule has 0 aliphatic carbocycles. The van der Waals surface area contributed by atoms with Crippen LogP contribution in [0.5, 0.6) is 0 Å². The molecule has 3 aromatic carbocycles. The molecule has 4 rings (SSSR count). The van der Waals surface area contributed by atoms with Gasteiger partial charge >= 0.3 is 0 Å². The van der Waals surface area contributed by atoms with E-state index in [9.17, 15) is 0 Å². The van der Waals surface area contributed by atoms with Crippen LogP contribution in [0.4, 0.5) is 5.13 Å². The lowest BCUT2D eigenvalue weighted by atomic mass is 10.1. The van der Waals surface area contributed by atoms with Crippen molar-refractivity contribution in [3.05, 3.63) is 93.4 Å². The first-order chi connectivity index (χ1) is 14.1. The van der Waals surface area contributed by atoms with Gasteiger partial charge in [-0.05, 0) is 29.8 Å². The summed E-state index contributed by atoms with van der Waals surface area (Å²) in [5, 5.41) is 6.77. The number of aromatic nitrogens is 1. The first kappa shape index (κ1) is 19.9. The lowest BCUT2D eigenvalue weighted by molar-refractivity contribution is 1.29. The molecule has 0 atom stereocenters. The van der Waals surface area contributed by atoms with Crippen LogP contribution in [-0.4, -0.2) is 11.2 Å². The van der Waals surface area contributed by atoms with Gasteiger partial charge in [0.2, 0.25) is 5.13 Å². The Bertz CT molecular complexity index is 1160. The Morgan fingerprint density at radius 2 is 1.55 bits per heavy atom. The fourth-order valence-corrected chi connectivity index (χ4v) is 4.25. The van der Waals surface area contributed by atoms with Crippen molar-refractivity contribution >= 4 is 57.5 Å². The van der Waals surface area contributed by atoms with Gasteiger partial charge in [0, 0.05) is 21.2 Å². The summed E-state index contributed by atoms with van der Waals surface area (Å²) in [5.74, 6) is 0. The number of hydrogen-bond acceptors (Lipinski definition) is 4. The summed E-state index contributed by atoms with van der Waals surface area (Å²) in [5.41, 5.74) is 6.74. The Kier molecular flexibility index (Phi) is 6.16. The summed E-state index contributed by atoms with van der Waals surface area (Å²) < 4.78 is 0. The van der Waals surface area contributed by atoms with E-state index in [1.54, 1.807) is 18.3 Å². The third-order valence-corrected chi connectivity index (χ3v) is 5.93. The first-order valence-corrected chi connectivity index (χ1v) is 10.6. The molecular formula is C22H14Cl3N3S. The van der Waals surface area contributed by atoms with Gasteiger partial charge in [0.05, 0.1) is 21.8 Å². The molecule has 0 unspecified atom stereocenters. The molecule has 0 fully saturated rings. The fourth-order valence-electron chi connectivity index (χ4n) is 2.72. The molecule has 0 radical (unpaired) electrons. The molecule has 0 aliphatic heterocycles. The number of anilines is 1. The molecule has 0 bridgehead atoms. The minimum Gasteiger partial charge on any atom is -0.253 e. The Labute approximate surface area is 187 Å². The van der Waals surface area contributed by atoms with Crippen molar-refractivity contribution in [2.75, 3.05) is 5.43 Å². The van der Waals surface area contributed by atoms with Crippen LogP contribution in [-0.2, 0) is 0 Å². The molecular weight excluding hydrogens is 445 g/mol. The van der Waals surface area contributed by atoms with E-state index in [-0.39, 0.29) is 0 Å². The summed E-state index contributed by atoms with van der Waals surface area (Å²) in [4.78, 5) is 5.79. The van der Waals surface area contributed by atoms with Crippen LogP contribution in [0.3, 0.4) is 0 Å². The van der Waals surface area contributed by atoms with Crippen molar-refractivity contribution < 1.29 is 0 Å². The zero-order valence-corrected chi connectivity index (χ0v) is 18.0. The van der Waals surface area contributed by atoms with Crippen molar-refractivity contribution in [2.45, 2.75) is 0 Å². The summed E-state index contributed by atoms with van der Waals surface area (Å²) in [6, 6.07) is 23.0. The van der Waals surface area contributed by atoms with Gasteiger partial charge in [-0.3, -0.25) is 5.43 Å². The topological polar surface area (TPSA) is 37.3 Å². The summed E-state index contributed by atoms with van der Waals surface area (Å²) in [7, 11) is 0. The van der Waals surface area contributed by atoms with Crippen LogP contribution in [0.25, 0.3) is 21.7 Å². The highest BCUT2D eigenvalue weighted by Crippen LogP contribution is 2.39. The van der Waals surface area contributed by atoms with E-state index in [2.05, 4.69) is 10.5 Å². The number of benzene rings is 3. The highest BCUT2D eigenvalue weighted by Gasteiger charge is 2.14. The van der Waals surface area contributed by atoms with Crippen molar-refractivity contribution in [2.24, 2.45) is 5.10 Å². The molecule has 29 heavy (non-hydrogen) atoms. The monoisotopic (exact) mass is 457 g/mol. The number of nitrogens with one attached hydrogen (secondary N) is 1. The molecule has 0 aliphatic rings. The number of thiazole rings is 1. The van der Waals surface area contributed by atoms with E-state index in [1.165, 1.54) is 11.3 Å². The zero-order chi connectivity index (χ0) is 20.2. The molecule has 1 N–H and O–H groups in total. The maximum atomic E-state index is 6.19. The van der Waals surface area contributed by atoms with Crippen LogP contribution in [0.2, 0.25) is 15.1 Å². The number of hydrazone groups is 1. The van der Waals surface area contributed by atoms with Crippen molar-refractivity contribution in [1.29, 1.82) is 0 Å². The van der Waals surface area contributed by atoms with Gasteiger partial charge in [-0.1, -0.05) is 94.7 Å². The molecule has 3 nitrogen and oxygen atoms in total. The van der Waals surface area contributed by atoms with Crippen molar-refractivity contribution in [1.82, 2.24) is 4.98 Å². The lowest BCUT2D eigenvalue weighted by Crippen LogP contribution is -1.91. The van der Waals surface area contributed by atoms with Crippen molar-refractivity contribution in [3.8, 4) is 21.7 Å². The Morgan fingerprint density at radius 3 is 2.28 bits per heavy atom. The molecule has 144 valence electrons. The number of nitrogens with zero attached hydrogens (tertiary/aromatic N) is 2. The largest absolute Gasteiger partial charge is 0.253 e. The average Bonchev–Trinajstić information content (AvgIpc) is 3.15. The second-order valence-corrected chi connectivity index (χ2v) is 8.38. The highest BCUT2D eigenvalue weighted by atomic mass is 35.5. The maximum Gasteiger partial charge on any atom is 0.204 e. The van der Waals surface area contributed by atoms with E-state index in [0.717, 1.165) is 27.3 Å². The summed E-state index contributed by atoms with van der Waals surface area (Å²) in [6.45, 7) is 0. The number of rotatable bonds is 5. The van der Waals surface area contributed by atoms with Crippen LogP contribution in [0.15, 0.2) is 77.9 Å². The van der Waals surface area contributed by atoms with Crippen LogP contribution in [0, 0.1) is 0 Å². The second kappa shape index (κ2) is 8.97. The van der Waals surface area contributed by atoms with Crippen molar-refractivity contribution in [3.63, 3.8) is 0 Å². The van der Waals surface area contributed by atoms with Gasteiger partial charge in [0.25, 0.3) is 0 Å². The predicted molar refractivity (Wildman–Crippen MR) is 126 cm³/mol. The van der Waals surface area contributed by atoms with Crippen LogP contribution < -0.4 is 5.43 Å². The average molecular weight is 459 g/mol. The number of hydrogen-bond donors (Lipinski definition) is 1. The smallest absolute Gasteiger partial charge is 0.204 e. The third-order valence-electron chi connectivity index (χ3n) is 4.11. The minimum atomic E-state index is 0.536. The molecule has 7 heteroatoms. The van der Waals surface area contributed by atoms with Gasteiger partial charge < -0.3 is 0 Å². The van der Waals surface area contributed by atoms with Gasteiger partial charge in [0.1, 0.15) is 0 Å². The second-order valence-electron chi connectivity index (χ2n) is 6.11. The van der Waals surface area contributed by atoms with Gasteiger partial charge in [-0.25, -0.2) is 4.98 Å². The van der Waals surface area contributed by atoms with Gasteiger partial charge in [-0.15, -0.1) is 0 Å². The minimum absolute atomic E-state index is 0.536. The molecule has 1 heterocycles. The summed E-state index contributed by atoms with van der Waals surface area (Å²) >= 11 is 19.7. The van der Waals surface area contributed by atoms with Crippen LogP contribution >= 0.6 is 46.1 Å². The molecule has 0 saturated heterocycles. The van der Waals surface area contributed by atoms with E-state index in [0.29, 0.717) is 20.2 Å². The molecule has 4 aromatic rings. The van der Waals surface area contributed by atoms with Gasteiger partial charge in [-0.2, -0.15) is 5.10 Å². The summed E-state index contributed by atoms with van der Waals surface area (Å²) in [6.07, 6.45) is 1.64. The SMILES string of the molecule is Clc1ccc(-c2sc(N/N=C\c3ccc(Cl)cc3Cl)nc2-c2ccccc2)cc1. The molecule has 1 aromatic heterocycles. The standard InChI is InChI=1S/C22H14Cl3N3S/c23-17-9-6-15(7-10-17)21-20(14-4-2-1-3-5-14)27-22(29-21)28-26-13-16-8-11-18(24)12-19(16)25/h1-13H,(H,27,28)/b26-13-.